The van der Waals surface area contributed by atoms with Crippen molar-refractivity contribution >= 4 is 41.2 Å². The Bertz CT molecular complexity index is 379. The lowest BCUT2D eigenvalue weighted by Crippen LogP contribution is -2.17. The third-order valence-electron chi connectivity index (χ3n) is 2.75. The van der Waals surface area contributed by atoms with Crippen LogP contribution in [0, 0.1) is 5.92 Å². The van der Waals surface area contributed by atoms with Crippen LogP contribution in [0.25, 0.3) is 5.70 Å². The molecular weight excluding hydrogens is 286 g/mol. The molecule has 0 saturated carbocycles. The van der Waals surface area contributed by atoms with Crippen LogP contribution in [-0.4, -0.2) is 20.8 Å². The van der Waals surface area contributed by atoms with Gasteiger partial charge in [0.1, 0.15) is 0 Å². The zero-order valence-electron chi connectivity index (χ0n) is 8.79. The van der Waals surface area contributed by atoms with Crippen LogP contribution >= 0.6 is 22.6 Å². The maximum atomic E-state index is 4.20. The number of hydrogen-bond acceptors (Lipinski definition) is 1. The number of fused-ring (bicyclic) bond motifs is 1. The van der Waals surface area contributed by atoms with Gasteiger partial charge in [0.05, 0.1) is 6.33 Å². The summed E-state index contributed by atoms with van der Waals surface area (Å²) in [6.45, 7) is 6.79. The Kier molecular flexibility index (Phi) is 2.73. The van der Waals surface area contributed by atoms with Gasteiger partial charge in [-0.1, -0.05) is 41.9 Å². The van der Waals surface area contributed by atoms with Crippen LogP contribution in [0.2, 0.25) is 0 Å². The van der Waals surface area contributed by atoms with Gasteiger partial charge in [-0.2, -0.15) is 0 Å². The fraction of sp³-hybridized carbons (Fsp3) is 0.500. The second kappa shape index (κ2) is 3.72. The van der Waals surface area contributed by atoms with Crippen LogP contribution in [0.15, 0.2) is 18.0 Å². The number of aromatic nitrogens is 2. The maximum Gasteiger partial charge on any atom is 0.213 e. The number of alkyl halides is 1. The van der Waals surface area contributed by atoms with Crippen molar-refractivity contribution in [1.29, 1.82) is 0 Å². The minimum atomic E-state index is 0.556. The Morgan fingerprint density at radius 2 is 2.14 bits per heavy atom. The molecule has 0 N–H and O–H groups in total. The first-order valence-electron chi connectivity index (χ1n) is 5.00. The molecule has 0 aliphatic carbocycles. The van der Waals surface area contributed by atoms with Gasteiger partial charge in [0, 0.05) is 21.4 Å². The quantitative estimate of drug-likeness (QED) is 0.461. The van der Waals surface area contributed by atoms with E-state index in [9.17, 15) is 0 Å². The van der Waals surface area contributed by atoms with E-state index in [1.54, 1.807) is 5.47 Å². The van der Waals surface area contributed by atoms with Gasteiger partial charge in [-0.15, -0.1) is 0 Å². The summed E-state index contributed by atoms with van der Waals surface area (Å²) in [6, 6.07) is 0. The number of allylic oxidation sites excluding steroid dienone is 2. The molecule has 2 nitrogen and oxygen atoms in total. The van der Waals surface area contributed by atoms with Crippen molar-refractivity contribution in [2.45, 2.75) is 24.7 Å². The molecule has 4 heteroatoms. The predicted octanol–water partition coefficient (Wildman–Crippen LogP) is 1.61. The molecule has 0 amide bonds. The van der Waals surface area contributed by atoms with Crippen LogP contribution in [0.4, 0.5) is 0 Å². The van der Waals surface area contributed by atoms with Crippen LogP contribution in [-0.2, 0) is 0 Å². The van der Waals surface area contributed by atoms with Crippen LogP contribution in [0.3, 0.4) is 0 Å². The molecule has 0 spiro atoms. The van der Waals surface area contributed by atoms with Crippen molar-refractivity contribution < 1.29 is 0 Å². The number of halogens is 1. The predicted molar refractivity (Wildman–Crippen MR) is 70.5 cm³/mol. The molecule has 2 heterocycles. The lowest BCUT2D eigenvalue weighted by atomic mass is 9.64. The molecule has 0 fully saturated rings. The fourth-order valence-corrected chi connectivity index (χ4v) is 2.76. The second-order valence-corrected chi connectivity index (χ2v) is 5.98. The first kappa shape index (κ1) is 10.3. The third kappa shape index (κ3) is 1.53. The van der Waals surface area contributed by atoms with Gasteiger partial charge in [0.15, 0.2) is 0 Å². The summed E-state index contributed by atoms with van der Waals surface area (Å²) in [4.78, 5) is 4.20. The standard InChI is InChI=1S/C10H14BIN2/c1-6(2)9-10(7(3)12)14-5-13-4-8(14)11-9/h4-7,11H,1-3H3. The second-order valence-electron chi connectivity index (χ2n) is 4.11. The summed E-state index contributed by atoms with van der Waals surface area (Å²) in [5.41, 5.74) is 4.37. The first-order valence-corrected chi connectivity index (χ1v) is 6.24. The van der Waals surface area contributed by atoms with E-state index in [2.05, 4.69) is 52.9 Å². The van der Waals surface area contributed by atoms with Crippen molar-refractivity contribution in [2.75, 3.05) is 0 Å². The summed E-state index contributed by atoms with van der Waals surface area (Å²) >= 11 is 2.48. The molecule has 1 aromatic rings. The smallest absolute Gasteiger partial charge is 0.213 e. The monoisotopic (exact) mass is 300 g/mol. The Hall–Kier alpha value is -0.255. The van der Waals surface area contributed by atoms with Crippen molar-refractivity contribution in [1.82, 2.24) is 9.55 Å². The topological polar surface area (TPSA) is 17.8 Å². The largest absolute Gasteiger partial charge is 0.316 e. The molecule has 1 aliphatic rings. The lowest BCUT2D eigenvalue weighted by molar-refractivity contribution is 0.806. The van der Waals surface area contributed by atoms with E-state index in [4.69, 9.17) is 0 Å². The van der Waals surface area contributed by atoms with Crippen LogP contribution in [0.5, 0.6) is 0 Å². The molecular formula is C10H14BIN2. The Balaban J connectivity index is 2.49. The van der Waals surface area contributed by atoms with Gasteiger partial charge in [-0.3, -0.25) is 0 Å². The Morgan fingerprint density at radius 3 is 2.71 bits per heavy atom. The molecule has 14 heavy (non-hydrogen) atoms. The van der Waals surface area contributed by atoms with E-state index in [-0.39, 0.29) is 0 Å². The third-order valence-corrected chi connectivity index (χ3v) is 3.34. The maximum absolute atomic E-state index is 4.20. The van der Waals surface area contributed by atoms with E-state index in [0.717, 1.165) is 7.28 Å². The van der Waals surface area contributed by atoms with E-state index >= 15 is 0 Å². The minimum Gasteiger partial charge on any atom is -0.316 e. The molecule has 1 atom stereocenters. The van der Waals surface area contributed by atoms with Crippen LogP contribution in [0.1, 0.15) is 20.8 Å². The van der Waals surface area contributed by atoms with Gasteiger partial charge in [0.2, 0.25) is 7.28 Å². The summed E-state index contributed by atoms with van der Waals surface area (Å²) < 4.78 is 2.81. The highest BCUT2D eigenvalue weighted by Crippen LogP contribution is 2.28. The summed E-state index contributed by atoms with van der Waals surface area (Å²) in [7, 11) is 1.08. The van der Waals surface area contributed by atoms with Gasteiger partial charge in [0.25, 0.3) is 0 Å². The summed E-state index contributed by atoms with van der Waals surface area (Å²) in [5, 5.41) is 0. The van der Waals surface area contributed by atoms with Gasteiger partial charge in [-0.05, 0) is 12.8 Å². The number of hydrogen-bond donors (Lipinski definition) is 0. The average Bonchev–Trinajstić information content (AvgIpc) is 2.58. The van der Waals surface area contributed by atoms with Crippen molar-refractivity contribution in [3.63, 3.8) is 0 Å². The molecule has 1 aromatic heterocycles. The van der Waals surface area contributed by atoms with Crippen LogP contribution < -0.4 is 5.59 Å². The van der Waals surface area contributed by atoms with E-state index in [0.29, 0.717) is 9.84 Å². The van der Waals surface area contributed by atoms with E-state index in [1.807, 2.05) is 12.5 Å². The first-order chi connectivity index (χ1) is 6.61. The van der Waals surface area contributed by atoms with Crippen molar-refractivity contribution in [2.24, 2.45) is 5.92 Å². The average molecular weight is 300 g/mol. The molecule has 0 aromatic carbocycles. The highest BCUT2D eigenvalue weighted by Gasteiger charge is 2.26. The molecule has 0 saturated heterocycles. The molecule has 74 valence electrons. The number of imidazole rings is 1. The highest BCUT2D eigenvalue weighted by atomic mass is 127. The van der Waals surface area contributed by atoms with Crippen molar-refractivity contribution in [3.05, 3.63) is 18.0 Å². The molecule has 1 unspecified atom stereocenters. The molecule has 1 aliphatic heterocycles. The molecule has 0 radical (unpaired) electrons. The Morgan fingerprint density at radius 1 is 1.43 bits per heavy atom. The normalized spacial score (nSPS) is 17.2. The zero-order chi connectivity index (χ0) is 10.3. The van der Waals surface area contributed by atoms with Gasteiger partial charge >= 0.3 is 0 Å². The molecule has 2 rings (SSSR count). The van der Waals surface area contributed by atoms with Gasteiger partial charge in [-0.25, -0.2) is 4.98 Å². The van der Waals surface area contributed by atoms with Crippen molar-refractivity contribution in [3.8, 4) is 0 Å². The molecule has 0 bridgehead atoms. The summed E-state index contributed by atoms with van der Waals surface area (Å²) in [5.74, 6) is 0.641. The Labute approximate surface area is 99.2 Å². The lowest BCUT2D eigenvalue weighted by Gasteiger charge is -2.14. The SMILES string of the molecule is CC(C)C1=C(C(C)I)n2cncc2B1. The zero-order valence-corrected chi connectivity index (χ0v) is 10.9. The van der Waals surface area contributed by atoms with E-state index in [1.165, 1.54) is 11.3 Å². The van der Waals surface area contributed by atoms with E-state index < -0.39 is 0 Å². The summed E-state index contributed by atoms with van der Waals surface area (Å²) in [6.07, 6.45) is 3.92. The highest BCUT2D eigenvalue weighted by molar-refractivity contribution is 14.1. The number of rotatable bonds is 2. The number of nitrogens with zero attached hydrogens (tertiary/aromatic N) is 2. The minimum absolute atomic E-state index is 0.556. The fourth-order valence-electron chi connectivity index (χ4n) is 2.06. The van der Waals surface area contributed by atoms with Gasteiger partial charge < -0.3 is 4.57 Å².